The fourth-order valence-corrected chi connectivity index (χ4v) is 2.73. The highest BCUT2D eigenvalue weighted by atomic mass is 16.5. The van der Waals surface area contributed by atoms with Gasteiger partial charge < -0.3 is 19.9 Å². The first-order chi connectivity index (χ1) is 12.2. The zero-order valence-corrected chi connectivity index (χ0v) is 14.4. The molecule has 0 atom stereocenters. The number of nitrogen functional groups attached to an aromatic ring is 1. The topological polar surface area (TPSA) is 66.6 Å². The molecular weight excluding hydrogens is 316 g/mol. The van der Waals surface area contributed by atoms with Crippen molar-refractivity contribution in [2.24, 2.45) is 0 Å². The lowest BCUT2D eigenvalue weighted by atomic mass is 10.0. The molecule has 0 saturated heterocycles. The maximum atomic E-state index is 6.13. The van der Waals surface area contributed by atoms with Gasteiger partial charge in [-0.2, -0.15) is 0 Å². The minimum atomic E-state index is 0.439. The highest BCUT2D eigenvalue weighted by Crippen LogP contribution is 2.42. The van der Waals surface area contributed by atoms with E-state index < -0.39 is 0 Å². The van der Waals surface area contributed by atoms with Crippen LogP contribution >= 0.6 is 0 Å². The number of anilines is 1. The van der Waals surface area contributed by atoms with Gasteiger partial charge >= 0.3 is 0 Å². The van der Waals surface area contributed by atoms with E-state index in [-0.39, 0.29) is 0 Å². The number of rotatable bonds is 5. The van der Waals surface area contributed by atoms with E-state index in [1.165, 1.54) is 0 Å². The summed E-state index contributed by atoms with van der Waals surface area (Å²) in [6.45, 7) is 0. The molecule has 0 aliphatic heterocycles. The number of nitrogens with zero attached hydrogens (tertiary/aromatic N) is 1. The second kappa shape index (κ2) is 7.13. The maximum absolute atomic E-state index is 6.13. The van der Waals surface area contributed by atoms with E-state index in [4.69, 9.17) is 19.9 Å². The van der Waals surface area contributed by atoms with Crippen LogP contribution < -0.4 is 19.9 Å². The van der Waals surface area contributed by atoms with Crippen molar-refractivity contribution in [2.75, 3.05) is 27.1 Å². The molecule has 3 aromatic rings. The summed E-state index contributed by atoms with van der Waals surface area (Å²) >= 11 is 0. The zero-order valence-electron chi connectivity index (χ0n) is 14.4. The molecule has 25 heavy (non-hydrogen) atoms. The Morgan fingerprint density at radius 3 is 1.96 bits per heavy atom. The standard InChI is InChI=1S/C20H20N2O3/c1-23-17-10-14(11-18(24-2)19(17)25-3)16-9-15(12-22-20(16)21)13-7-5-4-6-8-13/h4-12H,1-3H3,(H2,21,22). The molecule has 0 aliphatic carbocycles. The molecule has 5 nitrogen and oxygen atoms in total. The molecule has 0 radical (unpaired) electrons. The fraction of sp³-hybridized carbons (Fsp3) is 0.150. The predicted octanol–water partition coefficient (Wildman–Crippen LogP) is 4.02. The third-order valence-electron chi connectivity index (χ3n) is 4.00. The van der Waals surface area contributed by atoms with Crippen molar-refractivity contribution >= 4 is 5.82 Å². The fourth-order valence-electron chi connectivity index (χ4n) is 2.73. The smallest absolute Gasteiger partial charge is 0.203 e. The van der Waals surface area contributed by atoms with Crippen molar-refractivity contribution in [3.63, 3.8) is 0 Å². The summed E-state index contributed by atoms with van der Waals surface area (Å²) in [4.78, 5) is 4.35. The van der Waals surface area contributed by atoms with Gasteiger partial charge in [-0.05, 0) is 29.3 Å². The zero-order chi connectivity index (χ0) is 17.8. The van der Waals surface area contributed by atoms with E-state index >= 15 is 0 Å². The van der Waals surface area contributed by atoms with Crippen LogP contribution in [0.25, 0.3) is 22.3 Å². The minimum absolute atomic E-state index is 0.439. The molecule has 0 spiro atoms. The molecule has 0 amide bonds. The number of benzene rings is 2. The second-order valence-corrected chi connectivity index (χ2v) is 5.44. The molecule has 0 saturated carbocycles. The van der Waals surface area contributed by atoms with Crippen LogP contribution in [-0.2, 0) is 0 Å². The van der Waals surface area contributed by atoms with Crippen molar-refractivity contribution in [2.45, 2.75) is 0 Å². The molecule has 0 fully saturated rings. The molecule has 2 N–H and O–H groups in total. The predicted molar refractivity (Wildman–Crippen MR) is 99.2 cm³/mol. The van der Waals surface area contributed by atoms with E-state index in [0.29, 0.717) is 23.1 Å². The van der Waals surface area contributed by atoms with Crippen LogP contribution in [-0.4, -0.2) is 26.3 Å². The van der Waals surface area contributed by atoms with Crippen molar-refractivity contribution in [3.8, 4) is 39.5 Å². The van der Waals surface area contributed by atoms with Crippen LogP contribution in [0.5, 0.6) is 17.2 Å². The monoisotopic (exact) mass is 336 g/mol. The quantitative estimate of drug-likeness (QED) is 0.762. The first-order valence-corrected chi connectivity index (χ1v) is 7.79. The van der Waals surface area contributed by atoms with Crippen LogP contribution in [0.15, 0.2) is 54.7 Å². The lowest BCUT2D eigenvalue weighted by Crippen LogP contribution is -1.98. The average Bonchev–Trinajstić information content (AvgIpc) is 2.67. The van der Waals surface area contributed by atoms with Crippen molar-refractivity contribution in [1.29, 1.82) is 0 Å². The minimum Gasteiger partial charge on any atom is -0.493 e. The lowest BCUT2D eigenvalue weighted by Gasteiger charge is -2.15. The van der Waals surface area contributed by atoms with Gasteiger partial charge in [0.15, 0.2) is 11.5 Å². The van der Waals surface area contributed by atoms with Crippen LogP contribution in [0.2, 0.25) is 0 Å². The Morgan fingerprint density at radius 2 is 1.40 bits per heavy atom. The SMILES string of the molecule is COc1cc(-c2cc(-c3ccccc3)cnc2N)cc(OC)c1OC. The van der Waals surface area contributed by atoms with Gasteiger partial charge in [-0.3, -0.25) is 0 Å². The third-order valence-corrected chi connectivity index (χ3v) is 4.00. The molecule has 0 bridgehead atoms. The van der Waals surface area contributed by atoms with Gasteiger partial charge in [0.25, 0.3) is 0 Å². The Hall–Kier alpha value is -3.21. The summed E-state index contributed by atoms with van der Waals surface area (Å²) in [7, 11) is 4.75. The Morgan fingerprint density at radius 1 is 0.760 bits per heavy atom. The number of nitrogens with two attached hydrogens (primary N) is 1. The maximum Gasteiger partial charge on any atom is 0.203 e. The lowest BCUT2D eigenvalue weighted by molar-refractivity contribution is 0.324. The Bertz CT molecular complexity index is 854. The van der Waals surface area contributed by atoms with Gasteiger partial charge in [0.1, 0.15) is 5.82 Å². The van der Waals surface area contributed by atoms with Gasteiger partial charge in [-0.1, -0.05) is 30.3 Å². The number of pyridine rings is 1. The Labute approximate surface area is 147 Å². The second-order valence-electron chi connectivity index (χ2n) is 5.44. The molecule has 3 rings (SSSR count). The van der Waals surface area contributed by atoms with E-state index in [2.05, 4.69) is 4.98 Å². The first kappa shape index (κ1) is 16.6. The molecular formula is C20H20N2O3. The molecule has 1 heterocycles. The summed E-state index contributed by atoms with van der Waals surface area (Å²) in [5.74, 6) is 2.12. The van der Waals surface area contributed by atoms with Crippen molar-refractivity contribution < 1.29 is 14.2 Å². The third kappa shape index (κ3) is 3.21. The van der Waals surface area contributed by atoms with Gasteiger partial charge in [0.2, 0.25) is 5.75 Å². The number of aromatic nitrogens is 1. The molecule has 0 aliphatic rings. The molecule has 5 heteroatoms. The van der Waals surface area contributed by atoms with Crippen molar-refractivity contribution in [3.05, 3.63) is 54.7 Å². The van der Waals surface area contributed by atoms with Crippen LogP contribution in [0.1, 0.15) is 0 Å². The summed E-state index contributed by atoms with van der Waals surface area (Å²) in [5.41, 5.74) is 9.84. The Kier molecular flexibility index (Phi) is 4.75. The van der Waals surface area contributed by atoms with E-state index in [1.54, 1.807) is 27.5 Å². The Balaban J connectivity index is 2.16. The van der Waals surface area contributed by atoms with Gasteiger partial charge in [-0.25, -0.2) is 4.98 Å². The number of methoxy groups -OCH3 is 3. The van der Waals surface area contributed by atoms with Crippen LogP contribution in [0.3, 0.4) is 0 Å². The number of hydrogen-bond donors (Lipinski definition) is 1. The largest absolute Gasteiger partial charge is 0.493 e. The van der Waals surface area contributed by atoms with Gasteiger partial charge in [-0.15, -0.1) is 0 Å². The van der Waals surface area contributed by atoms with E-state index in [0.717, 1.165) is 22.3 Å². The molecule has 0 unspecified atom stereocenters. The van der Waals surface area contributed by atoms with Gasteiger partial charge in [0.05, 0.1) is 21.3 Å². The number of hydrogen-bond acceptors (Lipinski definition) is 5. The van der Waals surface area contributed by atoms with E-state index in [9.17, 15) is 0 Å². The highest BCUT2D eigenvalue weighted by molar-refractivity contribution is 5.81. The van der Waals surface area contributed by atoms with Crippen molar-refractivity contribution in [1.82, 2.24) is 4.98 Å². The van der Waals surface area contributed by atoms with Crippen LogP contribution in [0, 0.1) is 0 Å². The summed E-state index contributed by atoms with van der Waals surface area (Å²) in [6, 6.07) is 15.8. The first-order valence-electron chi connectivity index (χ1n) is 7.79. The molecule has 2 aromatic carbocycles. The summed E-state index contributed by atoms with van der Waals surface area (Å²) < 4.78 is 16.2. The molecule has 128 valence electrons. The van der Waals surface area contributed by atoms with E-state index in [1.807, 2.05) is 48.5 Å². The highest BCUT2D eigenvalue weighted by Gasteiger charge is 2.16. The summed E-state index contributed by atoms with van der Waals surface area (Å²) in [5, 5.41) is 0. The normalized spacial score (nSPS) is 10.4. The molecule has 1 aromatic heterocycles. The number of ether oxygens (including phenoxy) is 3. The average molecular weight is 336 g/mol. The summed E-state index contributed by atoms with van der Waals surface area (Å²) in [6.07, 6.45) is 1.77. The van der Waals surface area contributed by atoms with Crippen LogP contribution in [0.4, 0.5) is 5.82 Å². The van der Waals surface area contributed by atoms with Gasteiger partial charge in [0, 0.05) is 17.3 Å².